The van der Waals surface area contributed by atoms with Crippen molar-refractivity contribution in [1.82, 2.24) is 9.97 Å². The Morgan fingerprint density at radius 1 is 1.33 bits per heavy atom. The van der Waals surface area contributed by atoms with Gasteiger partial charge in [-0.2, -0.15) is 5.26 Å². The fourth-order valence-corrected chi connectivity index (χ4v) is 2.49. The SMILES string of the molecule is Cc1nc(C)c(C(C)Nc2cccc(C)c2C#N)c(=O)[nH]1. The normalized spacial score (nSPS) is 11.8. The zero-order chi connectivity index (χ0) is 15.6. The van der Waals surface area contributed by atoms with Crippen LogP contribution in [0, 0.1) is 32.1 Å². The summed E-state index contributed by atoms with van der Waals surface area (Å²) < 4.78 is 0. The predicted molar refractivity (Wildman–Crippen MR) is 82.3 cm³/mol. The van der Waals surface area contributed by atoms with Gasteiger partial charge in [0.05, 0.1) is 28.6 Å². The number of nitrogens with one attached hydrogen (secondary N) is 2. The van der Waals surface area contributed by atoms with Gasteiger partial charge >= 0.3 is 0 Å². The number of aromatic nitrogens is 2. The van der Waals surface area contributed by atoms with E-state index in [2.05, 4.69) is 21.4 Å². The molecule has 108 valence electrons. The largest absolute Gasteiger partial charge is 0.377 e. The van der Waals surface area contributed by atoms with Gasteiger partial charge in [0.1, 0.15) is 11.9 Å². The summed E-state index contributed by atoms with van der Waals surface area (Å²) in [5.74, 6) is 0.599. The molecule has 0 amide bonds. The Hall–Kier alpha value is -2.61. The number of H-pyrrole nitrogens is 1. The summed E-state index contributed by atoms with van der Waals surface area (Å²) in [7, 11) is 0. The molecule has 2 rings (SSSR count). The summed E-state index contributed by atoms with van der Waals surface area (Å²) in [5, 5.41) is 12.5. The van der Waals surface area contributed by atoms with Crippen molar-refractivity contribution in [3.63, 3.8) is 0 Å². The van der Waals surface area contributed by atoms with Gasteiger partial charge in [-0.25, -0.2) is 4.98 Å². The monoisotopic (exact) mass is 282 g/mol. The molecule has 0 aliphatic carbocycles. The minimum absolute atomic E-state index is 0.147. The molecule has 0 aliphatic rings. The van der Waals surface area contributed by atoms with Crippen LogP contribution in [0.25, 0.3) is 0 Å². The van der Waals surface area contributed by atoms with Crippen LogP contribution in [0.5, 0.6) is 0 Å². The Labute approximate surface area is 123 Å². The minimum Gasteiger partial charge on any atom is -0.377 e. The van der Waals surface area contributed by atoms with Crippen LogP contribution in [-0.2, 0) is 0 Å². The highest BCUT2D eigenvalue weighted by atomic mass is 16.1. The molecule has 0 bridgehead atoms. The molecule has 0 saturated heterocycles. The van der Waals surface area contributed by atoms with Gasteiger partial charge in [0.15, 0.2) is 0 Å². The van der Waals surface area contributed by atoms with E-state index in [9.17, 15) is 10.1 Å². The maximum atomic E-state index is 12.1. The van der Waals surface area contributed by atoms with Gasteiger partial charge in [-0.05, 0) is 39.3 Å². The molecule has 5 nitrogen and oxygen atoms in total. The number of nitriles is 1. The number of aromatic amines is 1. The molecule has 1 aromatic carbocycles. The number of aryl methyl sites for hydroxylation is 3. The fourth-order valence-electron chi connectivity index (χ4n) is 2.49. The van der Waals surface area contributed by atoms with Crippen LogP contribution in [-0.4, -0.2) is 9.97 Å². The lowest BCUT2D eigenvalue weighted by Crippen LogP contribution is -2.23. The van der Waals surface area contributed by atoms with E-state index in [0.29, 0.717) is 22.6 Å². The first-order valence-electron chi connectivity index (χ1n) is 6.77. The smallest absolute Gasteiger partial charge is 0.256 e. The third-order valence-corrected chi connectivity index (χ3v) is 3.45. The van der Waals surface area contributed by atoms with Crippen molar-refractivity contribution < 1.29 is 0 Å². The van der Waals surface area contributed by atoms with E-state index in [1.54, 1.807) is 6.92 Å². The Bertz CT molecular complexity index is 771. The molecule has 5 heteroatoms. The van der Waals surface area contributed by atoms with Crippen LogP contribution in [0.2, 0.25) is 0 Å². The molecule has 2 N–H and O–H groups in total. The van der Waals surface area contributed by atoms with Crippen LogP contribution in [0.1, 0.15) is 41.2 Å². The number of anilines is 1. The first-order valence-corrected chi connectivity index (χ1v) is 6.77. The van der Waals surface area contributed by atoms with E-state index >= 15 is 0 Å². The van der Waals surface area contributed by atoms with Gasteiger partial charge < -0.3 is 10.3 Å². The molecule has 0 aliphatic heterocycles. The highest BCUT2D eigenvalue weighted by molar-refractivity contribution is 5.61. The average molecular weight is 282 g/mol. The van der Waals surface area contributed by atoms with Gasteiger partial charge in [0.2, 0.25) is 0 Å². The van der Waals surface area contributed by atoms with E-state index in [1.807, 2.05) is 39.0 Å². The number of nitrogens with zero attached hydrogens (tertiary/aromatic N) is 2. The summed E-state index contributed by atoms with van der Waals surface area (Å²) in [5.41, 5.74) is 3.37. The first-order chi connectivity index (χ1) is 9.93. The quantitative estimate of drug-likeness (QED) is 0.907. The van der Waals surface area contributed by atoms with Crippen molar-refractivity contribution in [3.05, 3.63) is 56.8 Å². The third kappa shape index (κ3) is 2.95. The van der Waals surface area contributed by atoms with Crippen molar-refractivity contribution in [2.75, 3.05) is 5.32 Å². The molecule has 1 heterocycles. The molecule has 0 saturated carbocycles. The molecule has 1 atom stereocenters. The van der Waals surface area contributed by atoms with Gasteiger partial charge in [0.25, 0.3) is 5.56 Å². The lowest BCUT2D eigenvalue weighted by Gasteiger charge is -2.18. The van der Waals surface area contributed by atoms with E-state index in [1.165, 1.54) is 0 Å². The standard InChI is InChI=1S/C16H18N4O/c1-9-6-5-7-14(13(9)8-17)19-11(3)15-10(2)18-12(4)20-16(15)21/h5-7,11,19H,1-4H3,(H,18,20,21). The lowest BCUT2D eigenvalue weighted by atomic mass is 10.0. The van der Waals surface area contributed by atoms with Gasteiger partial charge in [-0.1, -0.05) is 12.1 Å². The molecule has 1 unspecified atom stereocenters. The van der Waals surface area contributed by atoms with Crippen LogP contribution < -0.4 is 10.9 Å². The van der Waals surface area contributed by atoms with E-state index in [-0.39, 0.29) is 11.6 Å². The Morgan fingerprint density at radius 3 is 2.67 bits per heavy atom. The van der Waals surface area contributed by atoms with Crippen molar-refractivity contribution >= 4 is 5.69 Å². The molecule has 2 aromatic rings. The zero-order valence-corrected chi connectivity index (χ0v) is 12.6. The zero-order valence-electron chi connectivity index (χ0n) is 12.6. The molecular weight excluding hydrogens is 264 g/mol. The maximum Gasteiger partial charge on any atom is 0.256 e. The first kappa shape index (κ1) is 14.8. The Balaban J connectivity index is 2.40. The van der Waals surface area contributed by atoms with Crippen molar-refractivity contribution in [2.24, 2.45) is 0 Å². The van der Waals surface area contributed by atoms with E-state index in [4.69, 9.17) is 0 Å². The number of benzene rings is 1. The van der Waals surface area contributed by atoms with Crippen LogP contribution in [0.3, 0.4) is 0 Å². The number of rotatable bonds is 3. The van der Waals surface area contributed by atoms with Gasteiger partial charge in [-0.3, -0.25) is 4.79 Å². The highest BCUT2D eigenvalue weighted by Gasteiger charge is 2.16. The number of hydrogen-bond acceptors (Lipinski definition) is 4. The topological polar surface area (TPSA) is 81.6 Å². The van der Waals surface area contributed by atoms with Crippen LogP contribution >= 0.6 is 0 Å². The number of hydrogen-bond donors (Lipinski definition) is 2. The summed E-state index contributed by atoms with van der Waals surface area (Å²) >= 11 is 0. The predicted octanol–water partition coefficient (Wildman–Crippen LogP) is 2.74. The molecule has 0 fully saturated rings. The van der Waals surface area contributed by atoms with Crippen molar-refractivity contribution in [2.45, 2.75) is 33.7 Å². The summed E-state index contributed by atoms with van der Waals surface area (Å²) in [6.07, 6.45) is 0. The average Bonchev–Trinajstić information content (AvgIpc) is 2.37. The third-order valence-electron chi connectivity index (χ3n) is 3.45. The molecule has 1 aromatic heterocycles. The molecule has 0 radical (unpaired) electrons. The lowest BCUT2D eigenvalue weighted by molar-refractivity contribution is 0.813. The second-order valence-electron chi connectivity index (χ2n) is 5.13. The summed E-state index contributed by atoms with van der Waals surface area (Å²) in [6.45, 7) is 7.35. The van der Waals surface area contributed by atoms with Crippen molar-refractivity contribution in [3.8, 4) is 6.07 Å². The van der Waals surface area contributed by atoms with E-state index < -0.39 is 0 Å². The summed E-state index contributed by atoms with van der Waals surface area (Å²) in [6, 6.07) is 7.57. The Kier molecular flexibility index (Phi) is 4.08. The molecular formula is C16H18N4O. The second kappa shape index (κ2) is 5.80. The maximum absolute atomic E-state index is 12.1. The minimum atomic E-state index is -0.240. The van der Waals surface area contributed by atoms with Gasteiger partial charge in [-0.15, -0.1) is 0 Å². The van der Waals surface area contributed by atoms with Gasteiger partial charge in [0, 0.05) is 0 Å². The molecule has 0 spiro atoms. The summed E-state index contributed by atoms with van der Waals surface area (Å²) in [4.78, 5) is 19.1. The fraction of sp³-hybridized carbons (Fsp3) is 0.312. The Morgan fingerprint density at radius 2 is 2.05 bits per heavy atom. The van der Waals surface area contributed by atoms with Crippen LogP contribution in [0.4, 0.5) is 5.69 Å². The second-order valence-corrected chi connectivity index (χ2v) is 5.13. The van der Waals surface area contributed by atoms with Crippen molar-refractivity contribution in [1.29, 1.82) is 5.26 Å². The van der Waals surface area contributed by atoms with Crippen LogP contribution in [0.15, 0.2) is 23.0 Å². The highest BCUT2D eigenvalue weighted by Crippen LogP contribution is 2.23. The molecule has 21 heavy (non-hydrogen) atoms. The van der Waals surface area contributed by atoms with E-state index in [0.717, 1.165) is 11.3 Å².